The largest absolute Gasteiger partial charge is 0.130 e. The Morgan fingerprint density at radius 1 is 1.62 bits per heavy atom. The zero-order valence-corrected chi connectivity index (χ0v) is 6.08. The molecule has 8 heavy (non-hydrogen) atoms. The first-order chi connectivity index (χ1) is 3.91. The van der Waals surface area contributed by atoms with E-state index in [-0.39, 0.29) is 0 Å². The van der Waals surface area contributed by atoms with Crippen LogP contribution in [0.1, 0.15) is 13.3 Å². The second kappa shape index (κ2) is 6.83. The smallest absolute Gasteiger partial charge is 0.0152 e. The maximum Gasteiger partial charge on any atom is 0.0152 e. The summed E-state index contributed by atoms with van der Waals surface area (Å²) in [5.41, 5.74) is 0. The van der Waals surface area contributed by atoms with Gasteiger partial charge in [0.2, 0.25) is 0 Å². The van der Waals surface area contributed by atoms with E-state index < -0.39 is 0 Å². The van der Waals surface area contributed by atoms with E-state index in [1.54, 1.807) is 11.8 Å². The van der Waals surface area contributed by atoms with Gasteiger partial charge >= 0.3 is 0 Å². The van der Waals surface area contributed by atoms with Crippen LogP contribution in [0.25, 0.3) is 0 Å². The fraction of sp³-hybridized carbons (Fsp3) is 0.429. The molecule has 0 fully saturated rings. The van der Waals surface area contributed by atoms with Crippen LogP contribution in [0.15, 0.2) is 24.1 Å². The molecule has 0 aromatic heterocycles. The van der Waals surface area contributed by atoms with Gasteiger partial charge in [0.05, 0.1) is 0 Å². The highest BCUT2D eigenvalue weighted by molar-refractivity contribution is 8.02. The highest BCUT2D eigenvalue weighted by atomic mass is 32.2. The SMILES string of the molecule is C=CCSC=CCC. The van der Waals surface area contributed by atoms with E-state index in [0.29, 0.717) is 0 Å². The highest BCUT2D eigenvalue weighted by Gasteiger charge is 1.70. The van der Waals surface area contributed by atoms with Gasteiger partial charge in [-0.25, -0.2) is 0 Å². The predicted octanol–water partition coefficient (Wildman–Crippen LogP) is 2.83. The minimum Gasteiger partial charge on any atom is -0.130 e. The molecule has 0 unspecified atom stereocenters. The number of thioether (sulfide) groups is 1. The molecule has 0 atom stereocenters. The van der Waals surface area contributed by atoms with Gasteiger partial charge in [0.1, 0.15) is 0 Å². The minimum absolute atomic E-state index is 1.02. The first-order valence-corrected chi connectivity index (χ1v) is 3.84. The molecule has 1 heteroatoms. The van der Waals surface area contributed by atoms with Crippen molar-refractivity contribution in [2.24, 2.45) is 0 Å². The van der Waals surface area contributed by atoms with Crippen LogP contribution in [0.5, 0.6) is 0 Å². The van der Waals surface area contributed by atoms with Gasteiger partial charge in [-0.15, -0.1) is 18.3 Å². The molecule has 0 bridgehead atoms. The van der Waals surface area contributed by atoms with Gasteiger partial charge in [-0.05, 0) is 11.8 Å². The zero-order chi connectivity index (χ0) is 6.24. The summed E-state index contributed by atoms with van der Waals surface area (Å²) >= 11 is 1.78. The lowest BCUT2D eigenvalue weighted by Crippen LogP contribution is -1.60. The summed E-state index contributed by atoms with van der Waals surface area (Å²) in [6.45, 7) is 5.73. The molecule has 0 aliphatic heterocycles. The summed E-state index contributed by atoms with van der Waals surface area (Å²) in [4.78, 5) is 0. The van der Waals surface area contributed by atoms with Crippen LogP contribution in [0.4, 0.5) is 0 Å². The van der Waals surface area contributed by atoms with Crippen molar-refractivity contribution < 1.29 is 0 Å². The fourth-order valence-electron chi connectivity index (χ4n) is 0.288. The van der Waals surface area contributed by atoms with E-state index in [2.05, 4.69) is 25.0 Å². The molecule has 0 aromatic carbocycles. The summed E-state index contributed by atoms with van der Waals surface area (Å²) in [5, 5.41) is 2.11. The maximum atomic E-state index is 3.60. The average molecular weight is 128 g/mol. The Morgan fingerprint density at radius 2 is 2.38 bits per heavy atom. The monoisotopic (exact) mass is 128 g/mol. The zero-order valence-electron chi connectivity index (χ0n) is 5.26. The Labute approximate surface area is 55.7 Å². The van der Waals surface area contributed by atoms with Crippen LogP contribution in [0.3, 0.4) is 0 Å². The Morgan fingerprint density at radius 3 is 2.88 bits per heavy atom. The molecule has 0 saturated carbocycles. The number of hydrogen-bond donors (Lipinski definition) is 0. The molecule has 0 rings (SSSR count). The Bertz CT molecular complexity index is 74.5. The van der Waals surface area contributed by atoms with Gasteiger partial charge in [-0.3, -0.25) is 0 Å². The number of allylic oxidation sites excluding steroid dienone is 1. The van der Waals surface area contributed by atoms with Crippen molar-refractivity contribution in [3.63, 3.8) is 0 Å². The van der Waals surface area contributed by atoms with Crippen molar-refractivity contribution in [1.29, 1.82) is 0 Å². The third kappa shape index (κ3) is 5.83. The molecular formula is C7H12S. The summed E-state index contributed by atoms with van der Waals surface area (Å²) in [6, 6.07) is 0. The molecule has 0 heterocycles. The van der Waals surface area contributed by atoms with Gasteiger partial charge in [-0.2, -0.15) is 0 Å². The normalized spacial score (nSPS) is 10.1. The summed E-state index contributed by atoms with van der Waals surface area (Å²) in [6.07, 6.45) is 5.18. The van der Waals surface area contributed by atoms with Crippen molar-refractivity contribution in [2.75, 3.05) is 5.75 Å². The molecule has 0 aliphatic rings. The molecule has 0 nitrogen and oxygen atoms in total. The quantitative estimate of drug-likeness (QED) is 0.414. The minimum atomic E-state index is 1.02. The summed E-state index contributed by atoms with van der Waals surface area (Å²) in [5.74, 6) is 1.02. The van der Waals surface area contributed by atoms with Gasteiger partial charge in [0, 0.05) is 5.75 Å². The van der Waals surface area contributed by atoms with Crippen LogP contribution in [0, 0.1) is 0 Å². The molecular weight excluding hydrogens is 116 g/mol. The van der Waals surface area contributed by atoms with Crippen LogP contribution in [0.2, 0.25) is 0 Å². The average Bonchev–Trinajstić information content (AvgIpc) is 1.81. The van der Waals surface area contributed by atoms with Gasteiger partial charge in [-0.1, -0.05) is 19.1 Å². The van der Waals surface area contributed by atoms with Gasteiger partial charge < -0.3 is 0 Å². The van der Waals surface area contributed by atoms with Crippen LogP contribution in [-0.2, 0) is 0 Å². The molecule has 0 N–H and O–H groups in total. The molecule has 46 valence electrons. The van der Waals surface area contributed by atoms with Crippen molar-refractivity contribution >= 4 is 11.8 Å². The second-order valence-corrected chi connectivity index (χ2v) is 2.34. The lowest BCUT2D eigenvalue weighted by atomic mass is 10.5. The first-order valence-electron chi connectivity index (χ1n) is 2.79. The van der Waals surface area contributed by atoms with Crippen LogP contribution in [-0.4, -0.2) is 5.75 Å². The lowest BCUT2D eigenvalue weighted by molar-refractivity contribution is 1.23. The molecule has 0 saturated heterocycles. The third-order valence-electron chi connectivity index (χ3n) is 0.642. The van der Waals surface area contributed by atoms with Crippen molar-refractivity contribution in [3.05, 3.63) is 24.1 Å². The van der Waals surface area contributed by atoms with Crippen molar-refractivity contribution in [2.45, 2.75) is 13.3 Å². The first kappa shape index (κ1) is 7.83. The molecule has 0 radical (unpaired) electrons. The van der Waals surface area contributed by atoms with E-state index in [4.69, 9.17) is 0 Å². The van der Waals surface area contributed by atoms with E-state index in [1.807, 2.05) is 6.08 Å². The molecule has 0 aliphatic carbocycles. The lowest BCUT2D eigenvalue weighted by Gasteiger charge is -1.82. The topological polar surface area (TPSA) is 0 Å². The van der Waals surface area contributed by atoms with E-state index in [1.165, 1.54) is 0 Å². The van der Waals surface area contributed by atoms with Crippen LogP contribution >= 0.6 is 11.8 Å². The van der Waals surface area contributed by atoms with Gasteiger partial charge in [0.25, 0.3) is 0 Å². The Hall–Kier alpha value is -0.170. The molecule has 0 spiro atoms. The maximum absolute atomic E-state index is 3.60. The standard InChI is InChI=1S/C7H12S/c1-3-5-7-8-6-4-2/h4-5,7H,2-3,6H2,1H3. The summed E-state index contributed by atoms with van der Waals surface area (Å²) in [7, 11) is 0. The summed E-state index contributed by atoms with van der Waals surface area (Å²) < 4.78 is 0. The third-order valence-corrected chi connectivity index (χ3v) is 1.46. The Kier molecular flexibility index (Phi) is 6.68. The molecule has 0 amide bonds. The molecule has 0 aromatic rings. The van der Waals surface area contributed by atoms with Crippen molar-refractivity contribution in [3.8, 4) is 0 Å². The Balaban J connectivity index is 2.90. The van der Waals surface area contributed by atoms with Crippen molar-refractivity contribution in [1.82, 2.24) is 0 Å². The van der Waals surface area contributed by atoms with E-state index in [9.17, 15) is 0 Å². The predicted molar refractivity (Wildman–Crippen MR) is 42.1 cm³/mol. The van der Waals surface area contributed by atoms with Gasteiger partial charge in [0.15, 0.2) is 0 Å². The van der Waals surface area contributed by atoms with E-state index in [0.717, 1.165) is 12.2 Å². The van der Waals surface area contributed by atoms with E-state index >= 15 is 0 Å². The fourth-order valence-corrected chi connectivity index (χ4v) is 0.864. The number of hydrogen-bond acceptors (Lipinski definition) is 1. The second-order valence-electron chi connectivity index (χ2n) is 1.40. The number of rotatable bonds is 4. The highest BCUT2D eigenvalue weighted by Crippen LogP contribution is 2.01. The van der Waals surface area contributed by atoms with Crippen LogP contribution < -0.4 is 0 Å².